The minimum Gasteiger partial charge on any atom is -0.472 e. The fourth-order valence-corrected chi connectivity index (χ4v) is 4.67. The number of nitrogens with one attached hydrogen (secondary N) is 2. The number of carbonyl (C=O) groups excluding carboxylic acids is 1. The van der Waals surface area contributed by atoms with Gasteiger partial charge in [0.15, 0.2) is 5.82 Å². The molecule has 2 aromatic carbocycles. The van der Waals surface area contributed by atoms with E-state index in [1.54, 1.807) is 18.7 Å². The number of nitrogens with zero attached hydrogens (tertiary/aromatic N) is 4. The smallest absolute Gasteiger partial charge is 0.227 e. The predicted octanol–water partition coefficient (Wildman–Crippen LogP) is 5.79. The molecule has 0 saturated heterocycles. The zero-order chi connectivity index (χ0) is 24.2. The van der Waals surface area contributed by atoms with Gasteiger partial charge < -0.3 is 14.7 Å². The summed E-state index contributed by atoms with van der Waals surface area (Å²) in [6.45, 7) is 0. The van der Waals surface area contributed by atoms with E-state index in [-0.39, 0.29) is 11.8 Å². The van der Waals surface area contributed by atoms with E-state index in [0.717, 1.165) is 62.7 Å². The number of fused-ring (bicyclic) bond motifs is 2. The average Bonchev–Trinajstić information content (AvgIpc) is 3.29. The quantitative estimate of drug-likeness (QED) is 0.329. The lowest BCUT2D eigenvalue weighted by molar-refractivity contribution is -0.117. The number of amides is 1. The van der Waals surface area contributed by atoms with E-state index in [1.807, 2.05) is 54.3 Å². The second kappa shape index (κ2) is 7.91. The number of rotatable bonds is 5. The van der Waals surface area contributed by atoms with Crippen LogP contribution in [0.3, 0.4) is 0 Å². The Morgan fingerprint density at radius 1 is 1.08 bits per heavy atom. The van der Waals surface area contributed by atoms with Crippen LogP contribution in [0.5, 0.6) is 0 Å². The van der Waals surface area contributed by atoms with E-state index in [4.69, 9.17) is 14.5 Å². The predicted molar refractivity (Wildman–Crippen MR) is 138 cm³/mol. The van der Waals surface area contributed by atoms with E-state index >= 15 is 0 Å². The molecule has 8 heteroatoms. The molecule has 0 unspecified atom stereocenters. The highest BCUT2D eigenvalue weighted by Crippen LogP contribution is 2.35. The third-order valence-electron chi connectivity index (χ3n) is 6.71. The first-order valence-corrected chi connectivity index (χ1v) is 11.9. The molecule has 0 aliphatic heterocycles. The summed E-state index contributed by atoms with van der Waals surface area (Å²) in [5.74, 6) is 0.909. The summed E-state index contributed by atoms with van der Waals surface area (Å²) < 4.78 is 7.15. The highest BCUT2D eigenvalue weighted by atomic mass is 16.3. The molecule has 176 valence electrons. The van der Waals surface area contributed by atoms with Gasteiger partial charge in [0.25, 0.3) is 0 Å². The Balaban J connectivity index is 1.31. The summed E-state index contributed by atoms with van der Waals surface area (Å²) in [5, 5.41) is 8.76. The molecule has 7 rings (SSSR count). The number of aromatic nitrogens is 5. The molecular formula is C28H22N6O2. The fourth-order valence-electron chi connectivity index (χ4n) is 4.67. The van der Waals surface area contributed by atoms with Crippen molar-refractivity contribution in [3.05, 3.63) is 73.5 Å². The monoisotopic (exact) mass is 474 g/mol. The van der Waals surface area contributed by atoms with Gasteiger partial charge in [-0.1, -0.05) is 18.2 Å². The van der Waals surface area contributed by atoms with Crippen LogP contribution in [0.2, 0.25) is 0 Å². The van der Waals surface area contributed by atoms with E-state index < -0.39 is 0 Å². The van der Waals surface area contributed by atoms with Crippen LogP contribution >= 0.6 is 0 Å². The van der Waals surface area contributed by atoms with E-state index in [0.29, 0.717) is 11.5 Å². The standard InChI is InChI=1S/C28H22N6O2/c1-34-24-8-7-17(19-11-20(14-29-13-19)30-28(35)16-5-6-16)12-22(24)26(33-34)27-31-23-4-2-3-21(25(23)32-27)18-9-10-36-15-18/h2-4,7-16H,5-6H2,1H3,(H,30,35)(H,31,32). The van der Waals surface area contributed by atoms with Crippen LogP contribution in [0.25, 0.3) is 55.7 Å². The fraction of sp³-hybridized carbons (Fsp3) is 0.143. The Hall–Kier alpha value is -4.72. The second-order valence-corrected chi connectivity index (χ2v) is 9.23. The van der Waals surface area contributed by atoms with Crippen molar-refractivity contribution in [1.29, 1.82) is 0 Å². The van der Waals surface area contributed by atoms with E-state index in [1.165, 1.54) is 0 Å². The molecule has 1 aliphatic rings. The maximum atomic E-state index is 12.2. The first-order chi connectivity index (χ1) is 17.6. The van der Waals surface area contributed by atoms with Crippen LogP contribution in [-0.2, 0) is 11.8 Å². The number of para-hydroxylation sites is 1. The van der Waals surface area contributed by atoms with Gasteiger partial charge in [-0.2, -0.15) is 5.10 Å². The number of imidazole rings is 1. The van der Waals surface area contributed by atoms with Crippen molar-refractivity contribution in [2.24, 2.45) is 13.0 Å². The number of anilines is 1. The lowest BCUT2D eigenvalue weighted by atomic mass is 10.0. The van der Waals surface area contributed by atoms with Gasteiger partial charge in [0.05, 0.1) is 41.0 Å². The molecule has 0 radical (unpaired) electrons. The SMILES string of the molecule is Cn1nc(-c2nc3c(-c4ccoc4)cccc3[nH]2)c2cc(-c3cncc(NC(=O)C4CC4)c3)ccc21. The molecule has 8 nitrogen and oxygen atoms in total. The van der Waals surface area contributed by atoms with Gasteiger partial charge in [0.1, 0.15) is 5.69 Å². The maximum Gasteiger partial charge on any atom is 0.227 e. The normalized spacial score (nSPS) is 13.5. The molecular weight excluding hydrogens is 452 g/mol. The Kier molecular flexibility index (Phi) is 4.54. The third-order valence-corrected chi connectivity index (χ3v) is 6.71. The number of carbonyl (C=O) groups is 1. The van der Waals surface area contributed by atoms with Gasteiger partial charge in [-0.15, -0.1) is 0 Å². The Morgan fingerprint density at radius 2 is 2.00 bits per heavy atom. The largest absolute Gasteiger partial charge is 0.472 e. The van der Waals surface area contributed by atoms with Crippen LogP contribution < -0.4 is 5.32 Å². The number of furan rings is 1. The number of aromatic amines is 1. The van der Waals surface area contributed by atoms with Crippen LogP contribution in [0.4, 0.5) is 5.69 Å². The number of aryl methyl sites for hydroxylation is 1. The van der Waals surface area contributed by atoms with Crippen molar-refractivity contribution in [2.75, 3.05) is 5.32 Å². The number of pyridine rings is 1. The first-order valence-electron chi connectivity index (χ1n) is 11.9. The zero-order valence-electron chi connectivity index (χ0n) is 19.5. The molecule has 2 N–H and O–H groups in total. The molecule has 1 amide bonds. The van der Waals surface area contributed by atoms with Crippen molar-refractivity contribution in [2.45, 2.75) is 12.8 Å². The van der Waals surface area contributed by atoms with Crippen LogP contribution in [0.15, 0.2) is 77.9 Å². The number of H-pyrrole nitrogens is 1. The van der Waals surface area contributed by atoms with Gasteiger partial charge in [0, 0.05) is 41.2 Å². The van der Waals surface area contributed by atoms with Crippen LogP contribution in [-0.4, -0.2) is 30.6 Å². The molecule has 4 heterocycles. The molecule has 0 atom stereocenters. The summed E-state index contributed by atoms with van der Waals surface area (Å²) in [5.41, 5.74) is 8.17. The summed E-state index contributed by atoms with van der Waals surface area (Å²) in [4.78, 5) is 25.0. The molecule has 4 aromatic heterocycles. The minimum absolute atomic E-state index is 0.0682. The van der Waals surface area contributed by atoms with Crippen molar-refractivity contribution in [3.8, 4) is 33.8 Å². The van der Waals surface area contributed by atoms with Gasteiger partial charge >= 0.3 is 0 Å². The van der Waals surface area contributed by atoms with Crippen molar-refractivity contribution in [1.82, 2.24) is 24.7 Å². The Morgan fingerprint density at radius 3 is 2.83 bits per heavy atom. The zero-order valence-corrected chi connectivity index (χ0v) is 19.5. The average molecular weight is 475 g/mol. The summed E-state index contributed by atoms with van der Waals surface area (Å²) in [6, 6.07) is 16.1. The molecule has 0 spiro atoms. The molecule has 36 heavy (non-hydrogen) atoms. The van der Waals surface area contributed by atoms with E-state index in [2.05, 4.69) is 27.4 Å². The molecule has 1 saturated carbocycles. The maximum absolute atomic E-state index is 12.2. The van der Waals surface area contributed by atoms with Gasteiger partial charge in [0.2, 0.25) is 5.91 Å². The molecule has 1 aliphatic carbocycles. The van der Waals surface area contributed by atoms with E-state index in [9.17, 15) is 4.79 Å². The highest BCUT2D eigenvalue weighted by Gasteiger charge is 2.29. The van der Waals surface area contributed by atoms with Gasteiger partial charge in [-0.05, 0) is 48.7 Å². The first kappa shape index (κ1) is 20.6. The topological polar surface area (TPSA) is 102 Å². The second-order valence-electron chi connectivity index (χ2n) is 9.23. The van der Waals surface area contributed by atoms with Crippen molar-refractivity contribution in [3.63, 3.8) is 0 Å². The van der Waals surface area contributed by atoms with Crippen LogP contribution in [0.1, 0.15) is 12.8 Å². The van der Waals surface area contributed by atoms with Gasteiger partial charge in [-0.3, -0.25) is 14.5 Å². The number of hydrogen-bond donors (Lipinski definition) is 2. The molecule has 6 aromatic rings. The molecule has 0 bridgehead atoms. The van der Waals surface area contributed by atoms with Gasteiger partial charge in [-0.25, -0.2) is 4.98 Å². The highest BCUT2D eigenvalue weighted by molar-refractivity contribution is 5.99. The Bertz CT molecular complexity index is 1760. The summed E-state index contributed by atoms with van der Waals surface area (Å²) >= 11 is 0. The Labute approximate surface area is 206 Å². The summed E-state index contributed by atoms with van der Waals surface area (Å²) in [7, 11) is 1.93. The minimum atomic E-state index is 0.0682. The lowest BCUT2D eigenvalue weighted by Gasteiger charge is -2.07. The number of hydrogen-bond acceptors (Lipinski definition) is 5. The van der Waals surface area contributed by atoms with Crippen molar-refractivity contribution < 1.29 is 9.21 Å². The summed E-state index contributed by atoms with van der Waals surface area (Å²) in [6.07, 6.45) is 8.80. The number of benzene rings is 2. The molecule has 1 fully saturated rings. The third kappa shape index (κ3) is 3.46. The van der Waals surface area contributed by atoms with Crippen molar-refractivity contribution >= 4 is 33.5 Å². The lowest BCUT2D eigenvalue weighted by Crippen LogP contribution is -2.13. The van der Waals surface area contributed by atoms with Crippen LogP contribution in [0, 0.1) is 5.92 Å².